The molecular formula is C33H40N6O6. The standard InChI is InChI=1S/C33H40N6O6/c1-19(2)14-26(31(42)36-25(29(40)18-34)17-23-11-7-13-35-30(23)41)37-32(43)27(38-33(44)28-15-20(3)45-39-28)16-22-10-6-9-21-8-4-5-12-24(21)22/h4-6,8-10,12,15,19,23,25-27,29,40H,7,11,13-14,16-17H2,1-3H3,(H,35,41)(H,36,42)(H,37,43)(H,38,44)/t23-,25-,26-,27-,29+/m0/s1. The van der Waals surface area contributed by atoms with E-state index >= 15 is 0 Å². The SMILES string of the molecule is Cc1cc(C(=O)N[C@@H](Cc2cccc3ccccc23)C(=O)N[C@@H](CC(C)C)C(=O)N[C@@H](C[C@@H]2CCCNC2=O)[C@H](O)C#N)no1. The number of aliphatic hydroxyl groups excluding tert-OH is 1. The monoisotopic (exact) mass is 616 g/mol. The average molecular weight is 617 g/mol. The van der Waals surface area contributed by atoms with Crippen molar-refractivity contribution < 1.29 is 28.8 Å². The lowest BCUT2D eigenvalue weighted by Gasteiger charge is -2.30. The normalized spacial score (nSPS) is 17.4. The van der Waals surface area contributed by atoms with Gasteiger partial charge in [0.2, 0.25) is 17.7 Å². The Morgan fingerprint density at radius 2 is 1.82 bits per heavy atom. The van der Waals surface area contributed by atoms with Gasteiger partial charge in [0, 0.05) is 24.9 Å². The van der Waals surface area contributed by atoms with Crippen LogP contribution in [0, 0.1) is 30.1 Å². The third kappa shape index (κ3) is 8.89. The number of carbonyl (C=O) groups excluding carboxylic acids is 4. The van der Waals surface area contributed by atoms with Crippen LogP contribution in [0.1, 0.15) is 61.3 Å². The van der Waals surface area contributed by atoms with Crippen molar-refractivity contribution in [1.82, 2.24) is 26.4 Å². The largest absolute Gasteiger partial charge is 0.376 e. The number of aromatic nitrogens is 1. The molecule has 3 aromatic rings. The smallest absolute Gasteiger partial charge is 0.274 e. The molecule has 0 unspecified atom stereocenters. The van der Waals surface area contributed by atoms with Gasteiger partial charge in [0.25, 0.3) is 5.91 Å². The lowest BCUT2D eigenvalue weighted by molar-refractivity contribution is -0.131. The fourth-order valence-corrected chi connectivity index (χ4v) is 5.59. The second kappa shape index (κ2) is 15.3. The molecule has 2 heterocycles. The van der Waals surface area contributed by atoms with Crippen LogP contribution in [-0.4, -0.2) is 64.7 Å². The molecule has 1 fully saturated rings. The van der Waals surface area contributed by atoms with E-state index in [0.717, 1.165) is 22.8 Å². The Bertz CT molecular complexity index is 1560. The Labute approximate surface area is 261 Å². The number of piperidine rings is 1. The first-order chi connectivity index (χ1) is 21.5. The minimum Gasteiger partial charge on any atom is -0.376 e. The molecule has 0 bridgehead atoms. The van der Waals surface area contributed by atoms with Crippen LogP contribution in [0.25, 0.3) is 10.8 Å². The van der Waals surface area contributed by atoms with Gasteiger partial charge < -0.3 is 30.9 Å². The molecule has 5 atom stereocenters. The molecule has 0 radical (unpaired) electrons. The van der Waals surface area contributed by atoms with Crippen LogP contribution in [0.3, 0.4) is 0 Å². The average Bonchev–Trinajstić information content (AvgIpc) is 3.46. The molecule has 12 nitrogen and oxygen atoms in total. The topological polar surface area (TPSA) is 186 Å². The zero-order valence-corrected chi connectivity index (χ0v) is 25.7. The Kier molecular flexibility index (Phi) is 11.3. The molecule has 0 saturated carbocycles. The summed E-state index contributed by atoms with van der Waals surface area (Å²) in [5.41, 5.74) is 0.831. The lowest BCUT2D eigenvalue weighted by atomic mass is 9.89. The number of nitrogens with one attached hydrogen (secondary N) is 4. The number of amides is 4. The van der Waals surface area contributed by atoms with Crippen LogP contribution in [0.5, 0.6) is 0 Å². The fourth-order valence-electron chi connectivity index (χ4n) is 5.59. The number of fused-ring (bicyclic) bond motifs is 1. The Hall–Kier alpha value is -4.76. The molecule has 4 amide bonds. The molecule has 1 saturated heterocycles. The van der Waals surface area contributed by atoms with Crippen LogP contribution in [-0.2, 0) is 20.8 Å². The highest BCUT2D eigenvalue weighted by Crippen LogP contribution is 2.21. The van der Waals surface area contributed by atoms with Gasteiger partial charge in [0.1, 0.15) is 17.8 Å². The minimum absolute atomic E-state index is 0.0137. The number of nitrogens with zero attached hydrogens (tertiary/aromatic N) is 2. The van der Waals surface area contributed by atoms with Crippen molar-refractivity contribution in [1.29, 1.82) is 5.26 Å². The number of carbonyl (C=O) groups is 4. The summed E-state index contributed by atoms with van der Waals surface area (Å²) in [6, 6.07) is 13.5. The highest BCUT2D eigenvalue weighted by atomic mass is 16.5. The van der Waals surface area contributed by atoms with E-state index in [-0.39, 0.29) is 36.8 Å². The lowest BCUT2D eigenvalue weighted by Crippen LogP contribution is -2.57. The Morgan fingerprint density at radius 3 is 2.51 bits per heavy atom. The van der Waals surface area contributed by atoms with Gasteiger partial charge in [-0.1, -0.05) is 61.5 Å². The number of benzene rings is 2. The summed E-state index contributed by atoms with van der Waals surface area (Å²) in [6.07, 6.45) is 0.216. The number of rotatable bonds is 13. The maximum atomic E-state index is 13.9. The zero-order chi connectivity index (χ0) is 32.5. The van der Waals surface area contributed by atoms with E-state index in [1.807, 2.05) is 56.3 Å². The molecule has 1 aliphatic rings. The van der Waals surface area contributed by atoms with Crippen molar-refractivity contribution >= 4 is 34.4 Å². The third-order valence-corrected chi connectivity index (χ3v) is 7.91. The number of hydrogen-bond acceptors (Lipinski definition) is 8. The van der Waals surface area contributed by atoms with Gasteiger partial charge in [0.05, 0.1) is 12.1 Å². The minimum atomic E-state index is -1.55. The van der Waals surface area contributed by atoms with Gasteiger partial charge >= 0.3 is 0 Å². The van der Waals surface area contributed by atoms with Crippen LogP contribution < -0.4 is 21.3 Å². The summed E-state index contributed by atoms with van der Waals surface area (Å²) in [7, 11) is 0. The molecule has 238 valence electrons. The number of aryl methyl sites for hydroxylation is 1. The fraction of sp³-hybridized carbons (Fsp3) is 0.455. The quantitative estimate of drug-likeness (QED) is 0.181. The summed E-state index contributed by atoms with van der Waals surface area (Å²) in [4.78, 5) is 53.0. The molecule has 0 spiro atoms. The summed E-state index contributed by atoms with van der Waals surface area (Å²) in [6.45, 7) is 5.99. The third-order valence-electron chi connectivity index (χ3n) is 7.91. The zero-order valence-electron chi connectivity index (χ0n) is 25.7. The second-order valence-corrected chi connectivity index (χ2v) is 11.9. The molecule has 45 heavy (non-hydrogen) atoms. The molecule has 1 aromatic heterocycles. The van der Waals surface area contributed by atoms with Crippen LogP contribution in [0.15, 0.2) is 53.1 Å². The van der Waals surface area contributed by atoms with E-state index in [4.69, 9.17) is 4.52 Å². The van der Waals surface area contributed by atoms with Gasteiger partial charge in [0.15, 0.2) is 11.8 Å². The van der Waals surface area contributed by atoms with Crippen molar-refractivity contribution in [2.75, 3.05) is 6.54 Å². The maximum Gasteiger partial charge on any atom is 0.274 e. The molecule has 2 aromatic carbocycles. The molecular weight excluding hydrogens is 576 g/mol. The van der Waals surface area contributed by atoms with Gasteiger partial charge in [-0.25, -0.2) is 0 Å². The van der Waals surface area contributed by atoms with E-state index in [1.165, 1.54) is 6.07 Å². The van der Waals surface area contributed by atoms with E-state index < -0.39 is 47.9 Å². The van der Waals surface area contributed by atoms with Gasteiger partial charge in [-0.05, 0) is 54.9 Å². The predicted octanol–water partition coefficient (Wildman–Crippen LogP) is 2.29. The van der Waals surface area contributed by atoms with Crippen LogP contribution in [0.4, 0.5) is 0 Å². The molecule has 5 N–H and O–H groups in total. The summed E-state index contributed by atoms with van der Waals surface area (Å²) in [5.74, 6) is -2.05. The van der Waals surface area contributed by atoms with Gasteiger partial charge in [-0.3, -0.25) is 19.2 Å². The summed E-state index contributed by atoms with van der Waals surface area (Å²) in [5, 5.41) is 36.5. The highest BCUT2D eigenvalue weighted by Gasteiger charge is 2.34. The second-order valence-electron chi connectivity index (χ2n) is 11.9. The van der Waals surface area contributed by atoms with Gasteiger partial charge in [-0.2, -0.15) is 5.26 Å². The molecule has 12 heteroatoms. The number of nitriles is 1. The number of hydrogen-bond donors (Lipinski definition) is 5. The van der Waals surface area contributed by atoms with Crippen molar-refractivity contribution in [2.24, 2.45) is 11.8 Å². The Morgan fingerprint density at radius 1 is 1.09 bits per heavy atom. The maximum absolute atomic E-state index is 13.9. The van der Waals surface area contributed by atoms with Crippen molar-refractivity contribution in [3.63, 3.8) is 0 Å². The van der Waals surface area contributed by atoms with Crippen LogP contribution >= 0.6 is 0 Å². The first-order valence-electron chi connectivity index (χ1n) is 15.2. The molecule has 1 aliphatic heterocycles. The highest BCUT2D eigenvalue weighted by molar-refractivity contribution is 5.98. The Balaban J connectivity index is 1.57. The first kappa shape index (κ1) is 33.1. The van der Waals surface area contributed by atoms with E-state index in [1.54, 1.807) is 13.0 Å². The van der Waals surface area contributed by atoms with E-state index in [2.05, 4.69) is 26.4 Å². The molecule has 4 rings (SSSR count). The van der Waals surface area contributed by atoms with Crippen molar-refractivity contribution in [2.45, 2.75) is 77.1 Å². The van der Waals surface area contributed by atoms with E-state index in [9.17, 15) is 29.5 Å². The van der Waals surface area contributed by atoms with E-state index in [0.29, 0.717) is 18.7 Å². The summed E-state index contributed by atoms with van der Waals surface area (Å²) < 4.78 is 5.04. The summed E-state index contributed by atoms with van der Waals surface area (Å²) >= 11 is 0. The molecule has 0 aliphatic carbocycles. The first-order valence-corrected chi connectivity index (χ1v) is 15.2. The number of aliphatic hydroxyl groups is 1. The van der Waals surface area contributed by atoms with Gasteiger partial charge in [-0.15, -0.1) is 0 Å². The van der Waals surface area contributed by atoms with Crippen LogP contribution in [0.2, 0.25) is 0 Å². The predicted molar refractivity (Wildman–Crippen MR) is 165 cm³/mol. The van der Waals surface area contributed by atoms with Crippen molar-refractivity contribution in [3.8, 4) is 6.07 Å². The van der Waals surface area contributed by atoms with Crippen molar-refractivity contribution in [3.05, 3.63) is 65.5 Å².